The Kier molecular flexibility index (Phi) is 4.12. The van der Waals surface area contributed by atoms with E-state index in [-0.39, 0.29) is 30.0 Å². The maximum Gasteiger partial charge on any atom is 0.0522 e. The molecule has 4 heteroatoms. The average Bonchev–Trinajstić information content (AvgIpc) is 3.17. The van der Waals surface area contributed by atoms with Crippen molar-refractivity contribution in [1.29, 1.82) is 0 Å². The number of nitrogens with one attached hydrogen (secondary N) is 1. The monoisotopic (exact) mass is 344 g/mol. The van der Waals surface area contributed by atoms with Gasteiger partial charge < -0.3 is 10.2 Å². The molecule has 0 amide bonds. The van der Waals surface area contributed by atoms with Gasteiger partial charge in [0.2, 0.25) is 0 Å². The molecule has 0 spiro atoms. The summed E-state index contributed by atoms with van der Waals surface area (Å²) < 4.78 is 0. The van der Waals surface area contributed by atoms with Crippen molar-refractivity contribution in [3.05, 3.63) is 29.6 Å². The third-order valence-corrected chi connectivity index (χ3v) is 8.43. The number of H-pyrrole nitrogens is 1. The van der Waals surface area contributed by atoms with Crippen LogP contribution >= 0.6 is 0 Å². The molecule has 0 bridgehead atoms. The zero-order valence-electron chi connectivity index (χ0n) is 15.6. The lowest BCUT2D eigenvalue weighted by atomic mass is 9.49. The van der Waals surface area contributed by atoms with Crippen molar-refractivity contribution in [3.8, 4) is 0 Å². The Hall–Kier alpha value is -1.13. The van der Waals surface area contributed by atoms with Gasteiger partial charge in [-0.05, 0) is 78.6 Å². The van der Waals surface area contributed by atoms with Gasteiger partial charge in [0, 0.05) is 18.9 Å². The van der Waals surface area contributed by atoms with E-state index in [0.29, 0.717) is 17.8 Å². The number of allylic oxidation sites excluding steroid dienone is 1. The van der Waals surface area contributed by atoms with Gasteiger partial charge in [-0.2, -0.15) is 5.10 Å². The van der Waals surface area contributed by atoms with Crippen LogP contribution in [0, 0.1) is 34.5 Å². The van der Waals surface area contributed by atoms with Crippen LogP contribution in [0.2, 0.25) is 0 Å². The fourth-order valence-corrected chi connectivity index (χ4v) is 6.68. The minimum absolute atomic E-state index is 0.0181. The number of rotatable bonds is 3. The number of hydrogen-bond donors (Lipinski definition) is 3. The first-order valence-electron chi connectivity index (χ1n) is 9.85. The average molecular weight is 344 g/mol. The van der Waals surface area contributed by atoms with Crippen molar-refractivity contribution in [2.24, 2.45) is 34.5 Å². The van der Waals surface area contributed by atoms with Crippen LogP contribution in [0.25, 0.3) is 0 Å². The van der Waals surface area contributed by atoms with Gasteiger partial charge >= 0.3 is 0 Å². The van der Waals surface area contributed by atoms with E-state index in [1.807, 2.05) is 6.20 Å². The smallest absolute Gasteiger partial charge is 0.0522 e. The Labute approximate surface area is 150 Å². The Morgan fingerprint density at radius 3 is 2.76 bits per heavy atom. The van der Waals surface area contributed by atoms with E-state index in [4.69, 9.17) is 0 Å². The SMILES string of the molecule is C=C1CC[C@H]2[C@H](CO)[C@@H]([C@]3(C)Cc4cn[nH]c4C[C@@H]3CO)CC[C@]12C. The van der Waals surface area contributed by atoms with E-state index in [2.05, 4.69) is 30.6 Å². The summed E-state index contributed by atoms with van der Waals surface area (Å²) in [7, 11) is 0. The summed E-state index contributed by atoms with van der Waals surface area (Å²) in [6.45, 7) is 9.53. The highest BCUT2D eigenvalue weighted by atomic mass is 16.3. The Morgan fingerprint density at radius 1 is 1.24 bits per heavy atom. The molecule has 3 aliphatic carbocycles. The summed E-state index contributed by atoms with van der Waals surface area (Å²) >= 11 is 0. The van der Waals surface area contributed by atoms with Gasteiger partial charge in [-0.1, -0.05) is 26.0 Å². The predicted molar refractivity (Wildman–Crippen MR) is 97.9 cm³/mol. The normalized spacial score (nSPS) is 43.8. The first kappa shape index (κ1) is 17.3. The molecule has 3 aliphatic rings. The van der Waals surface area contributed by atoms with Crippen LogP contribution in [0.1, 0.15) is 50.8 Å². The minimum Gasteiger partial charge on any atom is -0.396 e. The third-order valence-electron chi connectivity index (χ3n) is 8.43. The molecule has 0 aromatic carbocycles. The second kappa shape index (κ2) is 5.95. The largest absolute Gasteiger partial charge is 0.396 e. The molecule has 6 atom stereocenters. The number of aromatic nitrogens is 2. The number of aliphatic hydroxyl groups is 2. The van der Waals surface area contributed by atoms with Crippen molar-refractivity contribution in [2.75, 3.05) is 13.2 Å². The molecule has 0 unspecified atom stereocenters. The molecule has 138 valence electrons. The van der Waals surface area contributed by atoms with Gasteiger partial charge in [-0.15, -0.1) is 0 Å². The molecular weight excluding hydrogens is 312 g/mol. The quantitative estimate of drug-likeness (QED) is 0.738. The van der Waals surface area contributed by atoms with Crippen LogP contribution in [0.3, 0.4) is 0 Å². The van der Waals surface area contributed by atoms with Gasteiger partial charge in [0.25, 0.3) is 0 Å². The van der Waals surface area contributed by atoms with E-state index < -0.39 is 0 Å². The minimum atomic E-state index is 0.0181. The maximum absolute atomic E-state index is 10.4. The first-order chi connectivity index (χ1) is 11.9. The Bertz CT molecular complexity index is 669. The van der Waals surface area contributed by atoms with Crippen LogP contribution < -0.4 is 0 Å². The van der Waals surface area contributed by atoms with Gasteiger partial charge in [0.05, 0.1) is 6.20 Å². The molecule has 25 heavy (non-hydrogen) atoms. The molecule has 1 aromatic rings. The van der Waals surface area contributed by atoms with Crippen LogP contribution in [-0.4, -0.2) is 33.6 Å². The van der Waals surface area contributed by atoms with Gasteiger partial charge in [-0.3, -0.25) is 5.10 Å². The fraction of sp³-hybridized carbons (Fsp3) is 0.762. The number of hydrogen-bond acceptors (Lipinski definition) is 3. The first-order valence-corrected chi connectivity index (χ1v) is 9.85. The summed E-state index contributed by atoms with van der Waals surface area (Å²) in [6, 6.07) is 0. The Balaban J connectivity index is 1.69. The summed E-state index contributed by atoms with van der Waals surface area (Å²) in [6.07, 6.45) is 8.34. The van der Waals surface area contributed by atoms with Gasteiger partial charge in [-0.25, -0.2) is 0 Å². The van der Waals surface area contributed by atoms with E-state index in [0.717, 1.165) is 32.1 Å². The van der Waals surface area contributed by atoms with Crippen LogP contribution in [0.4, 0.5) is 0 Å². The van der Waals surface area contributed by atoms with Gasteiger partial charge in [0.15, 0.2) is 0 Å². The zero-order chi connectivity index (χ0) is 17.8. The topological polar surface area (TPSA) is 69.1 Å². The lowest BCUT2D eigenvalue weighted by Gasteiger charge is -2.55. The van der Waals surface area contributed by atoms with Crippen molar-refractivity contribution in [3.63, 3.8) is 0 Å². The van der Waals surface area contributed by atoms with Gasteiger partial charge in [0.1, 0.15) is 0 Å². The number of nitrogens with zero attached hydrogens (tertiary/aromatic N) is 1. The Morgan fingerprint density at radius 2 is 2.04 bits per heavy atom. The van der Waals surface area contributed by atoms with Crippen molar-refractivity contribution < 1.29 is 10.2 Å². The molecule has 4 nitrogen and oxygen atoms in total. The molecule has 2 fully saturated rings. The molecule has 4 rings (SSSR count). The molecule has 0 radical (unpaired) electrons. The highest BCUT2D eigenvalue weighted by molar-refractivity contribution is 5.26. The van der Waals surface area contributed by atoms with Crippen molar-refractivity contribution >= 4 is 0 Å². The van der Waals surface area contributed by atoms with Crippen LogP contribution in [0.5, 0.6) is 0 Å². The van der Waals surface area contributed by atoms with E-state index in [9.17, 15) is 10.2 Å². The third kappa shape index (κ3) is 2.37. The number of aromatic amines is 1. The zero-order valence-corrected chi connectivity index (χ0v) is 15.6. The second-order valence-corrected chi connectivity index (χ2v) is 9.30. The van der Waals surface area contributed by atoms with E-state index in [1.54, 1.807) is 0 Å². The molecule has 3 N–H and O–H groups in total. The summed E-state index contributed by atoms with van der Waals surface area (Å²) in [5.41, 5.74) is 4.09. The highest BCUT2D eigenvalue weighted by Gasteiger charge is 2.56. The standard InChI is InChI=1S/C21H32N2O2/c1-13-4-5-17-16(12-25)18(6-7-20(13,17)2)21(3)9-14-10-22-23-19(14)8-15(21)11-24/h10,15-18,24-25H,1,4-9,11-12H2,2-3H3,(H,22,23)/t15-,16+,17+,18+,20-,21-/m1/s1. The predicted octanol–water partition coefficient (Wildman–Crippen LogP) is 3.11. The molecule has 1 aromatic heterocycles. The lowest BCUT2D eigenvalue weighted by Crippen LogP contribution is -2.52. The molecular formula is C21H32N2O2. The summed E-state index contributed by atoms with van der Waals surface area (Å²) in [5, 5.41) is 27.8. The lowest BCUT2D eigenvalue weighted by molar-refractivity contribution is -0.0737. The molecule has 1 heterocycles. The number of aliphatic hydroxyl groups excluding tert-OH is 2. The summed E-state index contributed by atoms with van der Waals surface area (Å²) in [4.78, 5) is 0. The molecule has 2 saturated carbocycles. The molecule has 0 saturated heterocycles. The van der Waals surface area contributed by atoms with Crippen molar-refractivity contribution in [1.82, 2.24) is 10.2 Å². The second-order valence-electron chi connectivity index (χ2n) is 9.30. The highest BCUT2D eigenvalue weighted by Crippen LogP contribution is 2.62. The van der Waals surface area contributed by atoms with Crippen molar-refractivity contribution in [2.45, 2.75) is 52.4 Å². The summed E-state index contributed by atoms with van der Waals surface area (Å²) in [5.74, 6) is 1.52. The van der Waals surface area contributed by atoms with Crippen LogP contribution in [-0.2, 0) is 12.8 Å². The number of fused-ring (bicyclic) bond motifs is 2. The van der Waals surface area contributed by atoms with E-state index in [1.165, 1.54) is 23.3 Å². The van der Waals surface area contributed by atoms with E-state index >= 15 is 0 Å². The maximum atomic E-state index is 10.4. The fourth-order valence-electron chi connectivity index (χ4n) is 6.68. The van der Waals surface area contributed by atoms with Crippen LogP contribution in [0.15, 0.2) is 18.3 Å². The molecule has 0 aliphatic heterocycles.